The number of nitrogens with one attached hydrogen (secondary N) is 2. The van der Waals surface area contributed by atoms with Crippen LogP contribution in [0.1, 0.15) is 47.3 Å². The van der Waals surface area contributed by atoms with Crippen LogP contribution in [0.3, 0.4) is 0 Å². The number of hydrogen-bond donors (Lipinski definition) is 2. The van der Waals surface area contributed by atoms with Gasteiger partial charge in [0.1, 0.15) is 11.5 Å². The van der Waals surface area contributed by atoms with Crippen LogP contribution in [0.4, 0.5) is 11.6 Å². The summed E-state index contributed by atoms with van der Waals surface area (Å²) in [6.07, 6.45) is 1.57. The number of amides is 1. The number of nitrogens with zero attached hydrogens (tertiary/aromatic N) is 2. The first kappa shape index (κ1) is 17.7. The third-order valence-electron chi connectivity index (χ3n) is 3.92. The second kappa shape index (κ2) is 7.82. The summed E-state index contributed by atoms with van der Waals surface area (Å²) in [6.45, 7) is 6.41. The van der Waals surface area contributed by atoms with Crippen molar-refractivity contribution in [3.63, 3.8) is 0 Å². The molecular weight excluding hydrogens is 328 g/mol. The summed E-state index contributed by atoms with van der Waals surface area (Å²) in [5.41, 5.74) is 3.14. The van der Waals surface area contributed by atoms with Crippen LogP contribution >= 0.6 is 0 Å². The molecule has 0 bridgehead atoms. The van der Waals surface area contributed by atoms with E-state index in [0.717, 1.165) is 5.69 Å². The molecule has 0 fully saturated rings. The van der Waals surface area contributed by atoms with E-state index in [2.05, 4.69) is 40.5 Å². The maximum absolute atomic E-state index is 12.4. The molecule has 1 aromatic carbocycles. The largest absolute Gasteiger partial charge is 0.467 e. The van der Waals surface area contributed by atoms with Crippen LogP contribution in [0.2, 0.25) is 0 Å². The second-order valence-corrected chi connectivity index (χ2v) is 6.35. The predicted molar refractivity (Wildman–Crippen MR) is 100 cm³/mol. The molecule has 0 spiro atoms. The van der Waals surface area contributed by atoms with Gasteiger partial charge in [-0.1, -0.05) is 32.0 Å². The van der Waals surface area contributed by atoms with Crippen molar-refractivity contribution in [2.24, 2.45) is 0 Å². The molecule has 0 aliphatic carbocycles. The van der Waals surface area contributed by atoms with Gasteiger partial charge < -0.3 is 15.1 Å². The Bertz CT molecular complexity index is 889. The highest BCUT2D eigenvalue weighted by molar-refractivity contribution is 5.92. The van der Waals surface area contributed by atoms with Crippen molar-refractivity contribution in [2.75, 3.05) is 5.32 Å². The minimum absolute atomic E-state index is 0.271. The molecule has 0 unspecified atom stereocenters. The van der Waals surface area contributed by atoms with E-state index in [1.807, 2.05) is 25.1 Å². The van der Waals surface area contributed by atoms with E-state index in [9.17, 15) is 4.79 Å². The van der Waals surface area contributed by atoms with Crippen LogP contribution in [-0.2, 0) is 6.54 Å². The van der Waals surface area contributed by atoms with Gasteiger partial charge in [-0.3, -0.25) is 4.79 Å². The molecule has 6 nitrogen and oxygen atoms in total. The average molecular weight is 350 g/mol. The van der Waals surface area contributed by atoms with Crippen molar-refractivity contribution in [1.29, 1.82) is 0 Å². The fraction of sp³-hybridized carbons (Fsp3) is 0.250. The molecule has 6 heteroatoms. The van der Waals surface area contributed by atoms with E-state index in [1.54, 1.807) is 24.5 Å². The lowest BCUT2D eigenvalue weighted by Crippen LogP contribution is -2.24. The fourth-order valence-electron chi connectivity index (χ4n) is 2.65. The second-order valence-electron chi connectivity index (χ2n) is 6.35. The van der Waals surface area contributed by atoms with Crippen LogP contribution in [-0.4, -0.2) is 15.9 Å². The molecular formula is C20H22N4O2. The zero-order chi connectivity index (χ0) is 18.5. The number of carbonyl (C=O) groups is 1. The Kier molecular flexibility index (Phi) is 5.31. The first-order chi connectivity index (χ1) is 12.5. The summed E-state index contributed by atoms with van der Waals surface area (Å²) >= 11 is 0. The molecule has 0 saturated carbocycles. The smallest absolute Gasteiger partial charge is 0.270 e. The monoisotopic (exact) mass is 350 g/mol. The molecule has 26 heavy (non-hydrogen) atoms. The first-order valence-corrected chi connectivity index (χ1v) is 8.55. The summed E-state index contributed by atoms with van der Waals surface area (Å²) in [5, 5.41) is 6.04. The minimum Gasteiger partial charge on any atom is -0.467 e. The predicted octanol–water partition coefficient (Wildman–Crippen LogP) is 4.18. The molecule has 2 aromatic heterocycles. The number of hydrogen-bond acceptors (Lipinski definition) is 5. The molecule has 0 radical (unpaired) electrons. The van der Waals surface area contributed by atoms with Gasteiger partial charge in [-0.15, -0.1) is 0 Å². The fourth-order valence-corrected chi connectivity index (χ4v) is 2.65. The summed E-state index contributed by atoms with van der Waals surface area (Å²) in [6, 6.07) is 13.3. The molecule has 1 amide bonds. The van der Waals surface area contributed by atoms with Gasteiger partial charge in [0.05, 0.1) is 12.8 Å². The summed E-state index contributed by atoms with van der Waals surface area (Å²) in [7, 11) is 0. The zero-order valence-electron chi connectivity index (χ0n) is 15.1. The Morgan fingerprint density at radius 3 is 2.69 bits per heavy atom. The van der Waals surface area contributed by atoms with Gasteiger partial charge in [0, 0.05) is 11.4 Å². The number of rotatable bonds is 6. The van der Waals surface area contributed by atoms with Gasteiger partial charge in [-0.2, -0.15) is 0 Å². The number of benzene rings is 1. The topological polar surface area (TPSA) is 80.0 Å². The van der Waals surface area contributed by atoms with Crippen molar-refractivity contribution in [2.45, 2.75) is 33.2 Å². The van der Waals surface area contributed by atoms with Crippen LogP contribution in [0.25, 0.3) is 0 Å². The van der Waals surface area contributed by atoms with E-state index in [1.165, 1.54) is 5.56 Å². The molecule has 0 aliphatic heterocycles. The Balaban J connectivity index is 1.78. The van der Waals surface area contributed by atoms with E-state index < -0.39 is 0 Å². The van der Waals surface area contributed by atoms with E-state index >= 15 is 0 Å². The lowest BCUT2D eigenvalue weighted by atomic mass is 10.0. The molecule has 2 N–H and O–H groups in total. The van der Waals surface area contributed by atoms with Crippen LogP contribution in [0.5, 0.6) is 0 Å². The molecule has 2 heterocycles. The van der Waals surface area contributed by atoms with Gasteiger partial charge in [-0.25, -0.2) is 9.97 Å². The van der Waals surface area contributed by atoms with Gasteiger partial charge in [0.2, 0.25) is 5.95 Å². The van der Waals surface area contributed by atoms with Crippen molar-refractivity contribution in [1.82, 2.24) is 15.3 Å². The van der Waals surface area contributed by atoms with Gasteiger partial charge in [0.15, 0.2) is 0 Å². The van der Waals surface area contributed by atoms with Crippen LogP contribution in [0, 0.1) is 6.92 Å². The number of para-hydroxylation sites is 1. The number of carbonyl (C=O) groups excluding carboxylic acids is 1. The normalized spacial score (nSPS) is 10.8. The highest BCUT2D eigenvalue weighted by atomic mass is 16.3. The van der Waals surface area contributed by atoms with Crippen molar-refractivity contribution in [3.05, 3.63) is 71.4 Å². The summed E-state index contributed by atoms with van der Waals surface area (Å²) in [4.78, 5) is 21.2. The van der Waals surface area contributed by atoms with E-state index in [4.69, 9.17) is 4.42 Å². The molecule has 0 aliphatic rings. The number of aryl methyl sites for hydroxylation is 1. The number of furan rings is 1. The summed E-state index contributed by atoms with van der Waals surface area (Å²) in [5.74, 6) is 1.18. The van der Waals surface area contributed by atoms with Gasteiger partial charge >= 0.3 is 0 Å². The lowest BCUT2D eigenvalue weighted by Gasteiger charge is -2.14. The number of anilines is 2. The van der Waals surface area contributed by atoms with Crippen LogP contribution in [0.15, 0.2) is 53.1 Å². The molecule has 134 valence electrons. The summed E-state index contributed by atoms with van der Waals surface area (Å²) < 4.78 is 5.22. The third kappa shape index (κ3) is 4.27. The first-order valence-electron chi connectivity index (χ1n) is 8.55. The van der Waals surface area contributed by atoms with Gasteiger partial charge in [-0.05, 0) is 42.7 Å². The quantitative estimate of drug-likeness (QED) is 0.697. The third-order valence-corrected chi connectivity index (χ3v) is 3.92. The minimum atomic E-state index is -0.271. The van der Waals surface area contributed by atoms with E-state index in [-0.39, 0.29) is 5.91 Å². The average Bonchev–Trinajstić information content (AvgIpc) is 3.13. The van der Waals surface area contributed by atoms with E-state index in [0.29, 0.717) is 35.6 Å². The van der Waals surface area contributed by atoms with Gasteiger partial charge in [0.25, 0.3) is 5.91 Å². The van der Waals surface area contributed by atoms with Crippen LogP contribution < -0.4 is 10.6 Å². The Morgan fingerprint density at radius 1 is 1.15 bits per heavy atom. The van der Waals surface area contributed by atoms with Crippen molar-refractivity contribution < 1.29 is 9.21 Å². The highest BCUT2D eigenvalue weighted by Gasteiger charge is 2.13. The zero-order valence-corrected chi connectivity index (χ0v) is 15.1. The number of aromatic nitrogens is 2. The maximum atomic E-state index is 12.4. The molecule has 0 atom stereocenters. The maximum Gasteiger partial charge on any atom is 0.270 e. The van der Waals surface area contributed by atoms with Crippen molar-refractivity contribution >= 4 is 17.5 Å². The lowest BCUT2D eigenvalue weighted by molar-refractivity contribution is 0.0943. The molecule has 0 saturated heterocycles. The standard InChI is InChI=1S/C20H22N4O2/c1-13(2)16-8-4-5-9-17(16)23-20-22-14(3)11-18(24-20)19(25)21-12-15-7-6-10-26-15/h4-11,13H,12H2,1-3H3,(H,21,25)(H,22,23,24). The molecule has 3 rings (SSSR count). The van der Waals surface area contributed by atoms with Crippen molar-refractivity contribution in [3.8, 4) is 0 Å². The Morgan fingerprint density at radius 2 is 1.96 bits per heavy atom. The SMILES string of the molecule is Cc1cc(C(=O)NCc2ccco2)nc(Nc2ccccc2C(C)C)n1. The molecule has 3 aromatic rings. The Hall–Kier alpha value is -3.15. The highest BCUT2D eigenvalue weighted by Crippen LogP contribution is 2.25. The Labute approximate surface area is 152 Å².